The molecule has 0 unspecified atom stereocenters. The van der Waals surface area contributed by atoms with E-state index in [1.807, 2.05) is 12.3 Å². The predicted molar refractivity (Wildman–Crippen MR) is 77.9 cm³/mol. The van der Waals surface area contributed by atoms with E-state index in [2.05, 4.69) is 41.5 Å². The number of H-pyrrole nitrogens is 1. The topological polar surface area (TPSA) is 60.9 Å². The number of aliphatic hydroxyl groups excluding tert-OH is 1. The number of hydrogen-bond acceptors (Lipinski definition) is 3. The van der Waals surface area contributed by atoms with E-state index in [4.69, 9.17) is 0 Å². The molecule has 2 aromatic rings. The first kappa shape index (κ1) is 14.0. The van der Waals surface area contributed by atoms with Crippen molar-refractivity contribution in [1.82, 2.24) is 15.5 Å². The average molecular weight is 261 g/mol. The van der Waals surface area contributed by atoms with Gasteiger partial charge in [0.1, 0.15) is 0 Å². The van der Waals surface area contributed by atoms with Crippen LogP contribution < -0.4 is 5.32 Å². The first-order chi connectivity index (χ1) is 9.24. The lowest BCUT2D eigenvalue weighted by Crippen LogP contribution is -2.36. The minimum absolute atomic E-state index is 0.00187. The summed E-state index contributed by atoms with van der Waals surface area (Å²) in [5.41, 5.74) is 2.31. The van der Waals surface area contributed by atoms with E-state index in [1.54, 1.807) is 0 Å². The Morgan fingerprint density at radius 2 is 2.11 bits per heavy atom. The Bertz CT molecular complexity index is 509. The lowest BCUT2D eigenvalue weighted by molar-refractivity contribution is 0.113. The first-order valence-electron chi connectivity index (χ1n) is 6.97. The summed E-state index contributed by atoms with van der Waals surface area (Å²) in [6, 6.07) is 6.21. The number of hydrogen-bond donors (Lipinski definition) is 3. The van der Waals surface area contributed by atoms with Crippen LogP contribution in [-0.2, 0) is 6.54 Å². The SMILES string of the molecule is CCC(CC)(CO)CNCc1cccc2cn[nH]c12. The van der Waals surface area contributed by atoms with Crippen LogP contribution in [0.3, 0.4) is 0 Å². The molecule has 2 rings (SSSR count). The van der Waals surface area contributed by atoms with Gasteiger partial charge in [0, 0.05) is 30.5 Å². The molecule has 0 saturated carbocycles. The summed E-state index contributed by atoms with van der Waals surface area (Å²) in [5.74, 6) is 0. The van der Waals surface area contributed by atoms with E-state index in [-0.39, 0.29) is 12.0 Å². The van der Waals surface area contributed by atoms with Gasteiger partial charge < -0.3 is 10.4 Å². The largest absolute Gasteiger partial charge is 0.396 e. The Labute approximate surface area is 114 Å². The number of fused-ring (bicyclic) bond motifs is 1. The van der Waals surface area contributed by atoms with Crippen LogP contribution in [0.1, 0.15) is 32.3 Å². The molecular weight excluding hydrogens is 238 g/mol. The molecule has 0 aliphatic rings. The Kier molecular flexibility index (Phi) is 4.56. The smallest absolute Gasteiger partial charge is 0.0695 e. The fraction of sp³-hybridized carbons (Fsp3) is 0.533. The molecule has 0 aliphatic carbocycles. The van der Waals surface area contributed by atoms with Gasteiger partial charge in [0.05, 0.1) is 11.7 Å². The standard InChI is InChI=1S/C15H23N3O/c1-3-15(4-2,11-19)10-16-8-12-6-5-7-13-9-17-18-14(12)13/h5-7,9,16,19H,3-4,8,10-11H2,1-2H3,(H,17,18). The summed E-state index contributed by atoms with van der Waals surface area (Å²) >= 11 is 0. The third-order valence-electron chi connectivity index (χ3n) is 4.21. The molecule has 0 saturated heterocycles. The quantitative estimate of drug-likeness (QED) is 0.717. The van der Waals surface area contributed by atoms with Gasteiger partial charge in [-0.05, 0) is 18.4 Å². The van der Waals surface area contributed by atoms with Crippen LogP contribution in [0.15, 0.2) is 24.4 Å². The van der Waals surface area contributed by atoms with Crippen LogP contribution in [0.2, 0.25) is 0 Å². The number of rotatable bonds is 7. The third-order valence-corrected chi connectivity index (χ3v) is 4.21. The number of benzene rings is 1. The van der Waals surface area contributed by atoms with Gasteiger partial charge in [-0.1, -0.05) is 32.0 Å². The third kappa shape index (κ3) is 2.96. The summed E-state index contributed by atoms with van der Waals surface area (Å²) in [4.78, 5) is 0. The second kappa shape index (κ2) is 6.17. The number of para-hydroxylation sites is 1. The van der Waals surface area contributed by atoms with Crippen molar-refractivity contribution in [3.8, 4) is 0 Å². The van der Waals surface area contributed by atoms with Crippen LogP contribution in [0.4, 0.5) is 0 Å². The molecule has 1 aromatic carbocycles. The van der Waals surface area contributed by atoms with Gasteiger partial charge >= 0.3 is 0 Å². The maximum Gasteiger partial charge on any atom is 0.0695 e. The van der Waals surface area contributed by atoms with Crippen molar-refractivity contribution in [3.63, 3.8) is 0 Å². The van der Waals surface area contributed by atoms with Crippen LogP contribution in [0.25, 0.3) is 10.9 Å². The normalized spacial score (nSPS) is 12.2. The lowest BCUT2D eigenvalue weighted by Gasteiger charge is -2.29. The monoisotopic (exact) mass is 261 g/mol. The van der Waals surface area contributed by atoms with Gasteiger partial charge in [-0.15, -0.1) is 0 Å². The number of nitrogens with zero attached hydrogens (tertiary/aromatic N) is 1. The summed E-state index contributed by atoms with van der Waals surface area (Å²) in [6.45, 7) is 6.14. The van der Waals surface area contributed by atoms with E-state index in [0.29, 0.717) is 0 Å². The van der Waals surface area contributed by atoms with Crippen molar-refractivity contribution < 1.29 is 5.11 Å². The molecule has 0 atom stereocenters. The fourth-order valence-corrected chi connectivity index (χ4v) is 2.42. The summed E-state index contributed by atoms with van der Waals surface area (Å²) in [5, 5.41) is 21.3. The van der Waals surface area contributed by atoms with Crippen molar-refractivity contribution >= 4 is 10.9 Å². The number of aromatic nitrogens is 2. The second-order valence-electron chi connectivity index (χ2n) is 5.22. The van der Waals surface area contributed by atoms with Gasteiger partial charge in [0.15, 0.2) is 0 Å². The van der Waals surface area contributed by atoms with Gasteiger partial charge in [-0.3, -0.25) is 5.10 Å². The second-order valence-corrected chi connectivity index (χ2v) is 5.22. The summed E-state index contributed by atoms with van der Waals surface area (Å²) in [7, 11) is 0. The molecule has 1 heterocycles. The first-order valence-corrected chi connectivity index (χ1v) is 6.97. The summed E-state index contributed by atoms with van der Waals surface area (Å²) < 4.78 is 0. The number of aliphatic hydroxyl groups is 1. The molecule has 0 radical (unpaired) electrons. The van der Waals surface area contributed by atoms with E-state index < -0.39 is 0 Å². The lowest BCUT2D eigenvalue weighted by atomic mass is 9.83. The highest BCUT2D eigenvalue weighted by Crippen LogP contribution is 2.24. The average Bonchev–Trinajstić information content (AvgIpc) is 2.93. The number of aromatic amines is 1. The molecule has 19 heavy (non-hydrogen) atoms. The van der Waals surface area contributed by atoms with Gasteiger partial charge in [-0.2, -0.15) is 5.10 Å². The van der Waals surface area contributed by atoms with Crippen LogP contribution in [0, 0.1) is 5.41 Å². The Hall–Kier alpha value is -1.39. The zero-order valence-corrected chi connectivity index (χ0v) is 11.7. The predicted octanol–water partition coefficient (Wildman–Crippen LogP) is 2.45. The molecule has 4 heteroatoms. The zero-order valence-electron chi connectivity index (χ0n) is 11.7. The minimum Gasteiger partial charge on any atom is -0.396 e. The van der Waals surface area contributed by atoms with Gasteiger partial charge in [0.25, 0.3) is 0 Å². The minimum atomic E-state index is 0.00187. The van der Waals surface area contributed by atoms with Crippen LogP contribution >= 0.6 is 0 Å². The molecule has 104 valence electrons. The molecule has 0 fully saturated rings. The summed E-state index contributed by atoms with van der Waals surface area (Å²) in [6.07, 6.45) is 3.82. The molecule has 0 aliphatic heterocycles. The maximum absolute atomic E-state index is 9.56. The molecule has 0 amide bonds. The Morgan fingerprint density at radius 3 is 2.79 bits per heavy atom. The maximum atomic E-state index is 9.56. The molecule has 3 N–H and O–H groups in total. The van der Waals surface area contributed by atoms with E-state index >= 15 is 0 Å². The van der Waals surface area contributed by atoms with E-state index in [9.17, 15) is 5.11 Å². The highest BCUT2D eigenvalue weighted by Gasteiger charge is 2.24. The van der Waals surface area contributed by atoms with Crippen molar-refractivity contribution in [1.29, 1.82) is 0 Å². The van der Waals surface area contributed by atoms with Crippen molar-refractivity contribution in [2.24, 2.45) is 5.41 Å². The molecular formula is C15H23N3O. The van der Waals surface area contributed by atoms with Crippen molar-refractivity contribution in [3.05, 3.63) is 30.0 Å². The van der Waals surface area contributed by atoms with Crippen molar-refractivity contribution in [2.45, 2.75) is 33.2 Å². The van der Waals surface area contributed by atoms with Crippen LogP contribution in [0.5, 0.6) is 0 Å². The van der Waals surface area contributed by atoms with Crippen molar-refractivity contribution in [2.75, 3.05) is 13.2 Å². The van der Waals surface area contributed by atoms with E-state index in [0.717, 1.165) is 36.8 Å². The molecule has 4 nitrogen and oxygen atoms in total. The fourth-order valence-electron chi connectivity index (χ4n) is 2.42. The zero-order chi connectivity index (χ0) is 13.7. The highest BCUT2D eigenvalue weighted by atomic mass is 16.3. The van der Waals surface area contributed by atoms with E-state index in [1.165, 1.54) is 5.56 Å². The highest BCUT2D eigenvalue weighted by molar-refractivity contribution is 5.81. The Morgan fingerprint density at radius 1 is 1.32 bits per heavy atom. The Balaban J connectivity index is 2.01. The van der Waals surface area contributed by atoms with Gasteiger partial charge in [-0.25, -0.2) is 0 Å². The molecule has 1 aromatic heterocycles. The molecule has 0 bridgehead atoms. The number of nitrogens with one attached hydrogen (secondary N) is 2. The molecule has 0 spiro atoms. The van der Waals surface area contributed by atoms with Gasteiger partial charge in [0.2, 0.25) is 0 Å². The van der Waals surface area contributed by atoms with Crippen LogP contribution in [-0.4, -0.2) is 28.5 Å².